The van der Waals surface area contributed by atoms with Gasteiger partial charge in [-0.3, -0.25) is 0 Å². The highest BCUT2D eigenvalue weighted by molar-refractivity contribution is 7.00. The van der Waals surface area contributed by atoms with E-state index < -0.39 is 16.1 Å². The van der Waals surface area contributed by atoms with E-state index in [1.54, 1.807) is 10.4 Å². The summed E-state index contributed by atoms with van der Waals surface area (Å²) in [6.45, 7) is 14.5. The molecule has 1 nitrogen and oxygen atoms in total. The molecule has 0 aromatic carbocycles. The number of hydrogen-bond donors (Lipinski definition) is 0. The summed E-state index contributed by atoms with van der Waals surface area (Å²) in [5.41, 5.74) is 0. The first-order valence-electron chi connectivity index (χ1n) is 5.23. The fourth-order valence-corrected chi connectivity index (χ4v) is 10.4. The minimum Gasteiger partial charge on any atom is -0.476 e. The summed E-state index contributed by atoms with van der Waals surface area (Å²) in [4.78, 5) is 0. The highest BCUT2D eigenvalue weighted by atomic mass is 28.3. The van der Waals surface area contributed by atoms with Crippen molar-refractivity contribution >= 4 is 42.1 Å². The van der Waals surface area contributed by atoms with E-state index in [-0.39, 0.29) is 0 Å². The van der Waals surface area contributed by atoms with Crippen molar-refractivity contribution in [3.63, 3.8) is 0 Å². The van der Waals surface area contributed by atoms with Gasteiger partial charge < -0.3 is 4.42 Å². The molecule has 0 saturated carbocycles. The Labute approximate surface area is 92.3 Å². The van der Waals surface area contributed by atoms with Crippen LogP contribution in [0.3, 0.4) is 0 Å². The molecular formula is C10H22OSi3. The van der Waals surface area contributed by atoms with Crippen molar-refractivity contribution < 1.29 is 4.42 Å². The van der Waals surface area contributed by atoms with Gasteiger partial charge in [0.15, 0.2) is 0 Å². The molecule has 0 spiro atoms. The third-order valence-electron chi connectivity index (χ3n) is 2.53. The topological polar surface area (TPSA) is 13.1 Å². The van der Waals surface area contributed by atoms with Gasteiger partial charge in [0.05, 0.1) is 38.0 Å². The molecule has 1 aromatic rings. The quantitative estimate of drug-likeness (QED) is 0.683. The van der Waals surface area contributed by atoms with Crippen molar-refractivity contribution in [3.8, 4) is 0 Å². The standard InChI is InChI=1S/C10H22OSi3/c1-13(2,3)8-7-11-10(12)9(8)14(4,5)6/h7H,1-6,12H3. The Morgan fingerprint density at radius 2 is 1.50 bits per heavy atom. The Balaban J connectivity index is 3.35. The van der Waals surface area contributed by atoms with E-state index in [1.807, 2.05) is 6.26 Å². The highest BCUT2D eigenvalue weighted by Gasteiger charge is 2.31. The molecule has 0 fully saturated rings. The first-order valence-corrected chi connectivity index (χ1v) is 13.2. The van der Waals surface area contributed by atoms with Gasteiger partial charge in [-0.1, -0.05) is 39.3 Å². The normalized spacial score (nSPS) is 13.6. The number of hydrogen-bond acceptors (Lipinski definition) is 1. The second kappa shape index (κ2) is 3.50. The molecule has 1 rings (SSSR count). The first-order chi connectivity index (χ1) is 6.14. The summed E-state index contributed by atoms with van der Waals surface area (Å²) < 4.78 is 5.68. The fourth-order valence-electron chi connectivity index (χ4n) is 1.94. The maximum atomic E-state index is 5.68. The molecule has 0 radical (unpaired) electrons. The predicted molar refractivity (Wildman–Crippen MR) is 74.2 cm³/mol. The molecule has 0 unspecified atom stereocenters. The van der Waals surface area contributed by atoms with E-state index in [9.17, 15) is 0 Å². The Morgan fingerprint density at radius 1 is 1.00 bits per heavy atom. The molecule has 0 aliphatic rings. The second-order valence-electron chi connectivity index (χ2n) is 6.08. The Morgan fingerprint density at radius 3 is 1.79 bits per heavy atom. The van der Waals surface area contributed by atoms with Crippen LogP contribution in [-0.4, -0.2) is 26.4 Å². The zero-order valence-corrected chi connectivity index (χ0v) is 14.5. The van der Waals surface area contributed by atoms with Crippen LogP contribution in [0.15, 0.2) is 10.7 Å². The third-order valence-corrected chi connectivity index (χ3v) is 8.12. The molecule has 0 N–H and O–H groups in total. The van der Waals surface area contributed by atoms with Crippen molar-refractivity contribution in [2.75, 3.05) is 0 Å². The van der Waals surface area contributed by atoms with E-state index in [0.29, 0.717) is 0 Å². The lowest BCUT2D eigenvalue weighted by molar-refractivity contribution is 0.605. The molecule has 1 aromatic heterocycles. The Kier molecular flexibility index (Phi) is 3.00. The van der Waals surface area contributed by atoms with E-state index >= 15 is 0 Å². The zero-order valence-electron chi connectivity index (χ0n) is 10.5. The van der Waals surface area contributed by atoms with E-state index in [2.05, 4.69) is 39.3 Å². The molecule has 80 valence electrons. The molecular weight excluding hydrogens is 220 g/mol. The summed E-state index contributed by atoms with van der Waals surface area (Å²) in [5.74, 6) is 0. The van der Waals surface area contributed by atoms with Crippen LogP contribution in [0.1, 0.15) is 0 Å². The molecule has 0 bridgehead atoms. The average molecular weight is 243 g/mol. The summed E-state index contributed by atoms with van der Waals surface area (Å²) in [6, 6.07) is 0. The van der Waals surface area contributed by atoms with Gasteiger partial charge in [-0.15, -0.1) is 0 Å². The largest absolute Gasteiger partial charge is 0.476 e. The van der Waals surface area contributed by atoms with Gasteiger partial charge in [0.1, 0.15) is 0 Å². The average Bonchev–Trinajstić information content (AvgIpc) is 2.27. The maximum Gasteiger partial charge on any atom is 0.0890 e. The molecule has 0 aliphatic carbocycles. The summed E-state index contributed by atoms with van der Waals surface area (Å²) >= 11 is 0. The lowest BCUT2D eigenvalue weighted by atomic mass is 10.6. The van der Waals surface area contributed by atoms with Crippen molar-refractivity contribution in [2.24, 2.45) is 0 Å². The summed E-state index contributed by atoms with van der Waals surface area (Å²) in [5, 5.41) is 4.49. The van der Waals surface area contributed by atoms with Crippen LogP contribution in [0.5, 0.6) is 0 Å². The monoisotopic (exact) mass is 242 g/mol. The number of furan rings is 1. The van der Waals surface area contributed by atoms with Crippen LogP contribution in [0, 0.1) is 0 Å². The molecule has 14 heavy (non-hydrogen) atoms. The minimum absolute atomic E-state index is 1.05. The van der Waals surface area contributed by atoms with Gasteiger partial charge in [-0.2, -0.15) is 0 Å². The van der Waals surface area contributed by atoms with Crippen molar-refractivity contribution in [1.82, 2.24) is 0 Å². The van der Waals surface area contributed by atoms with Gasteiger partial charge in [-0.05, 0) is 10.4 Å². The van der Waals surface area contributed by atoms with Gasteiger partial charge >= 0.3 is 0 Å². The van der Waals surface area contributed by atoms with E-state index in [4.69, 9.17) is 4.42 Å². The lowest BCUT2D eigenvalue weighted by Crippen LogP contribution is -2.59. The molecule has 1 heterocycles. The van der Waals surface area contributed by atoms with Crippen molar-refractivity contribution in [3.05, 3.63) is 6.26 Å². The van der Waals surface area contributed by atoms with E-state index in [0.717, 1.165) is 10.2 Å². The summed E-state index contributed by atoms with van der Waals surface area (Å²) in [7, 11) is -1.36. The smallest absolute Gasteiger partial charge is 0.0890 e. The van der Waals surface area contributed by atoms with Crippen LogP contribution in [0.4, 0.5) is 0 Å². The fraction of sp³-hybridized carbons (Fsp3) is 0.600. The molecule has 4 heteroatoms. The van der Waals surface area contributed by atoms with Gasteiger partial charge in [0, 0.05) is 0 Å². The molecule has 0 amide bonds. The van der Waals surface area contributed by atoms with Crippen LogP contribution < -0.4 is 15.8 Å². The first kappa shape index (κ1) is 12.0. The van der Waals surface area contributed by atoms with Crippen molar-refractivity contribution in [1.29, 1.82) is 0 Å². The van der Waals surface area contributed by atoms with Crippen LogP contribution >= 0.6 is 0 Å². The highest BCUT2D eigenvalue weighted by Crippen LogP contribution is 2.06. The molecule has 0 saturated heterocycles. The minimum atomic E-state index is -1.20. The van der Waals surface area contributed by atoms with Crippen LogP contribution in [-0.2, 0) is 0 Å². The predicted octanol–water partition coefficient (Wildman–Crippen LogP) is 0.361. The third kappa shape index (κ3) is 2.29. The Hall–Kier alpha value is -0.0694. The Bertz CT molecular complexity index is 328. The van der Waals surface area contributed by atoms with Gasteiger partial charge in [-0.25, -0.2) is 0 Å². The summed E-state index contributed by atoms with van der Waals surface area (Å²) in [6.07, 6.45) is 2.04. The second-order valence-corrected chi connectivity index (χ2v) is 17.0. The van der Waals surface area contributed by atoms with Crippen LogP contribution in [0.25, 0.3) is 0 Å². The van der Waals surface area contributed by atoms with E-state index in [1.165, 1.54) is 5.38 Å². The number of rotatable bonds is 2. The van der Waals surface area contributed by atoms with Gasteiger partial charge in [0.2, 0.25) is 0 Å². The molecule has 0 aliphatic heterocycles. The molecule has 0 atom stereocenters. The van der Waals surface area contributed by atoms with Crippen molar-refractivity contribution in [2.45, 2.75) is 39.3 Å². The maximum absolute atomic E-state index is 5.68. The SMILES string of the molecule is C[Si](C)(C)c1coc([SiH3])c1[Si](C)(C)C. The lowest BCUT2D eigenvalue weighted by Gasteiger charge is -2.23. The van der Waals surface area contributed by atoms with Gasteiger partial charge in [0.25, 0.3) is 0 Å². The zero-order chi connectivity index (χ0) is 11.1. The van der Waals surface area contributed by atoms with Crippen LogP contribution in [0.2, 0.25) is 39.3 Å².